The third-order valence-electron chi connectivity index (χ3n) is 3.36. The molecule has 1 aliphatic rings. The first-order chi connectivity index (χ1) is 9.56. The van der Waals surface area contributed by atoms with Crippen molar-refractivity contribution in [1.29, 1.82) is 0 Å². The molecule has 0 spiro atoms. The van der Waals surface area contributed by atoms with E-state index in [9.17, 15) is 14.0 Å². The molecule has 2 aromatic rings. The Morgan fingerprint density at radius 2 is 1.90 bits per heavy atom. The highest BCUT2D eigenvalue weighted by molar-refractivity contribution is 6.52. The molecule has 0 saturated heterocycles. The molecule has 1 heterocycles. The summed E-state index contributed by atoms with van der Waals surface area (Å²) in [6.45, 7) is 2.27. The molecule has 0 unspecified atom stereocenters. The standard InChI is InChI=1S/C16H12FNO2/c1-10-3-2-4-11(7-10)9-18-14-6-5-12(17)8-13(14)15(19)16(18)20/h2-8H,9H2,1H3. The Hall–Kier alpha value is -2.49. The van der Waals surface area contributed by atoms with Gasteiger partial charge < -0.3 is 4.90 Å². The number of benzene rings is 2. The molecule has 1 aliphatic heterocycles. The Morgan fingerprint density at radius 1 is 1.10 bits per heavy atom. The zero-order chi connectivity index (χ0) is 14.3. The molecule has 0 N–H and O–H groups in total. The normalized spacial score (nSPS) is 13.8. The maximum atomic E-state index is 13.2. The van der Waals surface area contributed by atoms with E-state index >= 15 is 0 Å². The third-order valence-corrected chi connectivity index (χ3v) is 3.36. The van der Waals surface area contributed by atoms with Gasteiger partial charge in [-0.15, -0.1) is 0 Å². The molecule has 0 atom stereocenters. The molecule has 3 rings (SSSR count). The van der Waals surface area contributed by atoms with Gasteiger partial charge in [0.25, 0.3) is 11.7 Å². The Kier molecular flexibility index (Phi) is 2.86. The van der Waals surface area contributed by atoms with Crippen LogP contribution in [0.25, 0.3) is 0 Å². The molecule has 0 aliphatic carbocycles. The van der Waals surface area contributed by atoms with Gasteiger partial charge in [-0.25, -0.2) is 4.39 Å². The number of nitrogens with zero attached hydrogens (tertiary/aromatic N) is 1. The Labute approximate surface area is 115 Å². The van der Waals surface area contributed by atoms with Crippen molar-refractivity contribution < 1.29 is 14.0 Å². The van der Waals surface area contributed by atoms with Crippen LogP contribution in [0.5, 0.6) is 0 Å². The number of rotatable bonds is 2. The number of fused-ring (bicyclic) bond motifs is 1. The zero-order valence-corrected chi connectivity index (χ0v) is 10.9. The minimum atomic E-state index is -0.646. The monoisotopic (exact) mass is 269 g/mol. The fourth-order valence-electron chi connectivity index (χ4n) is 2.42. The SMILES string of the molecule is Cc1cccc(CN2C(=O)C(=O)c3cc(F)ccc32)c1. The van der Waals surface area contributed by atoms with Gasteiger partial charge in [0.15, 0.2) is 0 Å². The number of amides is 1. The number of carbonyl (C=O) groups excluding carboxylic acids is 2. The predicted molar refractivity (Wildman–Crippen MR) is 73.1 cm³/mol. The van der Waals surface area contributed by atoms with Gasteiger partial charge in [-0.3, -0.25) is 9.59 Å². The highest BCUT2D eigenvalue weighted by atomic mass is 19.1. The van der Waals surface area contributed by atoms with Crippen molar-refractivity contribution in [3.8, 4) is 0 Å². The number of ketones is 1. The lowest BCUT2D eigenvalue weighted by molar-refractivity contribution is -0.114. The average molecular weight is 269 g/mol. The van der Waals surface area contributed by atoms with Gasteiger partial charge in [-0.2, -0.15) is 0 Å². The Morgan fingerprint density at radius 3 is 2.65 bits per heavy atom. The van der Waals surface area contributed by atoms with E-state index in [0.717, 1.165) is 17.2 Å². The summed E-state index contributed by atoms with van der Waals surface area (Å²) < 4.78 is 13.2. The molecule has 0 aromatic heterocycles. The van der Waals surface area contributed by atoms with Crippen LogP contribution in [-0.2, 0) is 11.3 Å². The molecule has 0 radical (unpaired) electrons. The van der Waals surface area contributed by atoms with Crippen molar-refractivity contribution >= 4 is 17.4 Å². The smallest absolute Gasteiger partial charge is 0.299 e. The van der Waals surface area contributed by atoms with Crippen LogP contribution in [0.1, 0.15) is 21.5 Å². The first kappa shape index (κ1) is 12.5. The molecule has 4 heteroatoms. The summed E-state index contributed by atoms with van der Waals surface area (Å²) in [7, 11) is 0. The van der Waals surface area contributed by atoms with Gasteiger partial charge in [0.2, 0.25) is 0 Å². The van der Waals surface area contributed by atoms with Crippen molar-refractivity contribution in [3.05, 3.63) is 65.0 Å². The molecule has 2 aromatic carbocycles. The van der Waals surface area contributed by atoms with Crippen molar-refractivity contribution in [3.63, 3.8) is 0 Å². The molecular weight excluding hydrogens is 257 g/mol. The van der Waals surface area contributed by atoms with Crippen LogP contribution < -0.4 is 4.90 Å². The summed E-state index contributed by atoms with van der Waals surface area (Å²) in [5.41, 5.74) is 2.63. The highest BCUT2D eigenvalue weighted by Crippen LogP contribution is 2.30. The van der Waals surface area contributed by atoms with Crippen LogP contribution in [0.2, 0.25) is 0 Å². The largest absolute Gasteiger partial charge is 0.300 e. The topological polar surface area (TPSA) is 37.4 Å². The highest BCUT2D eigenvalue weighted by Gasteiger charge is 2.35. The summed E-state index contributed by atoms with van der Waals surface area (Å²) in [5, 5.41) is 0. The van der Waals surface area contributed by atoms with E-state index in [4.69, 9.17) is 0 Å². The first-order valence-corrected chi connectivity index (χ1v) is 6.27. The third kappa shape index (κ3) is 1.99. The van der Waals surface area contributed by atoms with Gasteiger partial charge in [0, 0.05) is 0 Å². The van der Waals surface area contributed by atoms with Crippen molar-refractivity contribution in [2.24, 2.45) is 0 Å². The van der Waals surface area contributed by atoms with Gasteiger partial charge >= 0.3 is 0 Å². The van der Waals surface area contributed by atoms with E-state index in [2.05, 4.69) is 0 Å². The molecule has 3 nitrogen and oxygen atoms in total. The van der Waals surface area contributed by atoms with E-state index in [0.29, 0.717) is 12.2 Å². The van der Waals surface area contributed by atoms with Crippen molar-refractivity contribution in [2.75, 3.05) is 4.90 Å². The van der Waals surface area contributed by atoms with Gasteiger partial charge in [0.1, 0.15) is 5.82 Å². The fraction of sp³-hybridized carbons (Fsp3) is 0.125. The van der Waals surface area contributed by atoms with Gasteiger partial charge in [-0.1, -0.05) is 29.8 Å². The molecule has 100 valence electrons. The van der Waals surface area contributed by atoms with Crippen molar-refractivity contribution in [2.45, 2.75) is 13.5 Å². The molecule has 1 amide bonds. The number of Topliss-reactive ketones (excluding diaryl/α,β-unsaturated/α-hetero) is 1. The zero-order valence-electron chi connectivity index (χ0n) is 10.9. The maximum Gasteiger partial charge on any atom is 0.299 e. The quantitative estimate of drug-likeness (QED) is 0.786. The van der Waals surface area contributed by atoms with Gasteiger partial charge in [-0.05, 0) is 30.7 Å². The fourth-order valence-corrected chi connectivity index (χ4v) is 2.42. The minimum Gasteiger partial charge on any atom is -0.300 e. The Bertz CT molecular complexity index is 724. The number of anilines is 1. The summed E-state index contributed by atoms with van der Waals surface area (Å²) in [4.78, 5) is 25.3. The summed E-state index contributed by atoms with van der Waals surface area (Å²) >= 11 is 0. The second kappa shape index (κ2) is 4.56. The van der Waals surface area contributed by atoms with E-state index in [1.165, 1.54) is 17.0 Å². The first-order valence-electron chi connectivity index (χ1n) is 6.27. The van der Waals surface area contributed by atoms with Gasteiger partial charge in [0.05, 0.1) is 17.8 Å². The Balaban J connectivity index is 1.99. The summed E-state index contributed by atoms with van der Waals surface area (Å²) in [6.07, 6.45) is 0. The molecule has 0 fully saturated rings. The maximum absolute atomic E-state index is 13.2. The second-order valence-electron chi connectivity index (χ2n) is 4.87. The molecular formula is C16H12FNO2. The summed E-state index contributed by atoms with van der Waals surface area (Å²) in [6, 6.07) is 11.6. The van der Waals surface area contributed by atoms with E-state index < -0.39 is 17.5 Å². The van der Waals surface area contributed by atoms with Crippen LogP contribution in [0, 0.1) is 12.7 Å². The van der Waals surface area contributed by atoms with E-state index in [-0.39, 0.29) is 5.56 Å². The number of halogens is 1. The van der Waals surface area contributed by atoms with Crippen LogP contribution in [-0.4, -0.2) is 11.7 Å². The average Bonchev–Trinajstić information content (AvgIpc) is 2.64. The minimum absolute atomic E-state index is 0.141. The lowest BCUT2D eigenvalue weighted by Crippen LogP contribution is -2.29. The lowest BCUT2D eigenvalue weighted by Gasteiger charge is -2.16. The number of hydrogen-bond donors (Lipinski definition) is 0. The molecule has 20 heavy (non-hydrogen) atoms. The molecule has 0 saturated carbocycles. The van der Waals surface area contributed by atoms with E-state index in [1.54, 1.807) is 0 Å². The summed E-state index contributed by atoms with van der Waals surface area (Å²) in [5.74, 6) is -1.76. The van der Waals surface area contributed by atoms with E-state index in [1.807, 2.05) is 31.2 Å². The number of aryl methyl sites for hydroxylation is 1. The molecule has 0 bridgehead atoms. The predicted octanol–water partition coefficient (Wildman–Crippen LogP) is 2.86. The van der Waals surface area contributed by atoms with Crippen LogP contribution in [0.3, 0.4) is 0 Å². The van der Waals surface area contributed by atoms with Crippen molar-refractivity contribution in [1.82, 2.24) is 0 Å². The second-order valence-corrected chi connectivity index (χ2v) is 4.87. The lowest BCUT2D eigenvalue weighted by atomic mass is 10.1. The van der Waals surface area contributed by atoms with Crippen LogP contribution in [0.4, 0.5) is 10.1 Å². The van der Waals surface area contributed by atoms with Crippen LogP contribution >= 0.6 is 0 Å². The van der Waals surface area contributed by atoms with Crippen LogP contribution in [0.15, 0.2) is 42.5 Å². The number of hydrogen-bond acceptors (Lipinski definition) is 2. The number of carbonyl (C=O) groups is 2.